The molecule has 2 aliphatic rings. The lowest BCUT2D eigenvalue weighted by Gasteiger charge is -2.46. The van der Waals surface area contributed by atoms with Crippen molar-refractivity contribution in [3.8, 4) is 11.4 Å². The van der Waals surface area contributed by atoms with Crippen LogP contribution in [0, 0.1) is 0 Å². The van der Waals surface area contributed by atoms with E-state index in [1.807, 2.05) is 17.9 Å². The highest BCUT2D eigenvalue weighted by molar-refractivity contribution is 6.29. The van der Waals surface area contributed by atoms with Gasteiger partial charge >= 0.3 is 0 Å². The van der Waals surface area contributed by atoms with Crippen molar-refractivity contribution in [3.05, 3.63) is 71.3 Å². The highest BCUT2D eigenvalue weighted by Gasteiger charge is 2.42. The maximum atomic E-state index is 12.9. The van der Waals surface area contributed by atoms with Crippen LogP contribution < -0.4 is 10.1 Å². The second-order valence-electron chi connectivity index (χ2n) is 7.74. The molecular weight excluding hydrogens is 400 g/mol. The number of rotatable bonds is 3. The monoisotopic (exact) mass is 422 g/mol. The molecule has 2 aliphatic heterocycles. The summed E-state index contributed by atoms with van der Waals surface area (Å²) in [6, 6.07) is 13.8. The third-order valence-corrected chi connectivity index (χ3v) is 6.25. The van der Waals surface area contributed by atoms with Crippen LogP contribution in [0.2, 0.25) is 5.15 Å². The number of benzene rings is 1. The molecule has 4 heterocycles. The number of likely N-dealkylation sites (tertiary alicyclic amines) is 1. The fraction of sp³-hybridized carbons (Fsp3) is 0.304. The van der Waals surface area contributed by atoms with Gasteiger partial charge in [-0.25, -0.2) is 4.98 Å². The van der Waals surface area contributed by atoms with Crippen LogP contribution in [0.15, 0.2) is 54.9 Å². The molecule has 0 bridgehead atoms. The van der Waals surface area contributed by atoms with Crippen molar-refractivity contribution in [1.82, 2.24) is 14.5 Å². The molecule has 30 heavy (non-hydrogen) atoms. The molecule has 0 atom stereocenters. The summed E-state index contributed by atoms with van der Waals surface area (Å²) in [6.07, 6.45) is 5.29. The highest BCUT2D eigenvalue weighted by atomic mass is 35.5. The van der Waals surface area contributed by atoms with E-state index in [9.17, 15) is 4.79 Å². The lowest BCUT2D eigenvalue weighted by molar-refractivity contribution is 0.0676. The van der Waals surface area contributed by atoms with Crippen LogP contribution >= 0.6 is 11.6 Å². The van der Waals surface area contributed by atoms with Crippen molar-refractivity contribution in [3.63, 3.8) is 0 Å². The third kappa shape index (κ3) is 3.12. The van der Waals surface area contributed by atoms with E-state index in [0.717, 1.165) is 30.0 Å². The summed E-state index contributed by atoms with van der Waals surface area (Å²) in [4.78, 5) is 18.8. The molecule has 1 aromatic carbocycles. The molecule has 5 rings (SSSR count). The second kappa shape index (κ2) is 7.36. The molecule has 1 amide bonds. The molecule has 1 N–H and O–H groups in total. The molecule has 2 aromatic heterocycles. The fourth-order valence-corrected chi connectivity index (χ4v) is 4.65. The first-order valence-corrected chi connectivity index (χ1v) is 10.6. The van der Waals surface area contributed by atoms with Crippen molar-refractivity contribution in [2.24, 2.45) is 0 Å². The number of carbonyl (C=O) groups excluding carboxylic acids is 1. The van der Waals surface area contributed by atoms with E-state index >= 15 is 0 Å². The van der Waals surface area contributed by atoms with E-state index in [0.29, 0.717) is 30.4 Å². The van der Waals surface area contributed by atoms with Crippen molar-refractivity contribution in [2.75, 3.05) is 25.0 Å². The Labute approximate surface area is 180 Å². The first-order valence-electron chi connectivity index (χ1n) is 10.2. The van der Waals surface area contributed by atoms with Gasteiger partial charge in [0, 0.05) is 37.2 Å². The van der Waals surface area contributed by atoms with E-state index in [2.05, 4.69) is 45.3 Å². The average Bonchev–Trinajstić information content (AvgIpc) is 3.26. The van der Waals surface area contributed by atoms with Gasteiger partial charge in [-0.2, -0.15) is 0 Å². The van der Waals surface area contributed by atoms with Gasteiger partial charge in [0.25, 0.3) is 5.91 Å². The van der Waals surface area contributed by atoms with Gasteiger partial charge in [0.1, 0.15) is 10.9 Å². The molecular formula is C23H23ClN4O2. The van der Waals surface area contributed by atoms with Gasteiger partial charge in [0.2, 0.25) is 0 Å². The van der Waals surface area contributed by atoms with Gasteiger partial charge in [-0.1, -0.05) is 11.6 Å². The Bertz CT molecular complexity index is 1080. The normalized spacial score (nSPS) is 16.5. The van der Waals surface area contributed by atoms with Crippen molar-refractivity contribution in [2.45, 2.75) is 25.3 Å². The van der Waals surface area contributed by atoms with Gasteiger partial charge in [-0.05, 0) is 56.2 Å². The summed E-state index contributed by atoms with van der Waals surface area (Å²) in [5.41, 5.74) is 3.78. The Balaban J connectivity index is 1.40. The molecule has 7 heteroatoms. The topological polar surface area (TPSA) is 59.4 Å². The number of piperidine rings is 1. The van der Waals surface area contributed by atoms with Crippen LogP contribution in [-0.2, 0) is 5.54 Å². The fourth-order valence-electron chi connectivity index (χ4n) is 4.54. The second-order valence-corrected chi connectivity index (χ2v) is 8.13. The quantitative estimate of drug-likeness (QED) is 0.632. The molecule has 1 saturated heterocycles. The molecule has 0 radical (unpaired) electrons. The number of aromatic nitrogens is 2. The minimum Gasteiger partial charge on any atom is -0.494 e. The number of pyridine rings is 1. The summed E-state index contributed by atoms with van der Waals surface area (Å²) in [5, 5.41) is 4.18. The zero-order valence-electron chi connectivity index (χ0n) is 16.8. The molecule has 0 aliphatic carbocycles. The number of amides is 1. The Morgan fingerprint density at radius 2 is 2.07 bits per heavy atom. The predicted molar refractivity (Wildman–Crippen MR) is 117 cm³/mol. The maximum absolute atomic E-state index is 12.9. The first kappa shape index (κ1) is 19.0. The Hall–Kier alpha value is -2.99. The summed E-state index contributed by atoms with van der Waals surface area (Å²) >= 11 is 5.85. The molecule has 0 unspecified atom stereocenters. The molecule has 154 valence electrons. The number of fused-ring (bicyclic) bond motifs is 4. The molecule has 1 spiro atoms. The van der Waals surface area contributed by atoms with Gasteiger partial charge < -0.3 is 19.5 Å². The van der Waals surface area contributed by atoms with Crippen LogP contribution in [0.1, 0.15) is 35.8 Å². The van der Waals surface area contributed by atoms with Crippen LogP contribution in [-0.4, -0.2) is 40.1 Å². The van der Waals surface area contributed by atoms with E-state index in [-0.39, 0.29) is 11.4 Å². The number of hydrogen-bond acceptors (Lipinski definition) is 4. The van der Waals surface area contributed by atoms with Crippen molar-refractivity contribution in [1.29, 1.82) is 0 Å². The van der Waals surface area contributed by atoms with Gasteiger partial charge in [0.15, 0.2) is 0 Å². The number of nitrogens with zero attached hydrogens (tertiary/aromatic N) is 3. The minimum absolute atomic E-state index is 0.000703. The number of carbonyl (C=O) groups is 1. The van der Waals surface area contributed by atoms with E-state index in [1.165, 1.54) is 5.69 Å². The Morgan fingerprint density at radius 1 is 1.23 bits per heavy atom. The van der Waals surface area contributed by atoms with Crippen LogP contribution in [0.3, 0.4) is 0 Å². The lowest BCUT2D eigenvalue weighted by atomic mass is 9.82. The maximum Gasteiger partial charge on any atom is 0.255 e. The van der Waals surface area contributed by atoms with E-state index in [1.54, 1.807) is 18.3 Å². The summed E-state index contributed by atoms with van der Waals surface area (Å²) in [7, 11) is 0. The number of halogens is 1. The summed E-state index contributed by atoms with van der Waals surface area (Å²) in [6.45, 7) is 3.96. The van der Waals surface area contributed by atoms with Crippen LogP contribution in [0.4, 0.5) is 5.69 Å². The van der Waals surface area contributed by atoms with Gasteiger partial charge in [0.05, 0.1) is 29.1 Å². The minimum atomic E-state index is -0.212. The van der Waals surface area contributed by atoms with Crippen molar-refractivity contribution >= 4 is 23.2 Å². The van der Waals surface area contributed by atoms with Crippen LogP contribution in [0.5, 0.6) is 5.75 Å². The first-order chi connectivity index (χ1) is 14.6. The average molecular weight is 423 g/mol. The molecule has 0 saturated carbocycles. The number of ether oxygens (including phenoxy) is 1. The number of anilines is 1. The van der Waals surface area contributed by atoms with E-state index < -0.39 is 0 Å². The highest BCUT2D eigenvalue weighted by Crippen LogP contribution is 2.44. The SMILES string of the molecule is CCOc1ccc2c(c1)NC1(CCN(C(=O)c3ccc(Cl)nc3)CC1)c1cccn1-2. The number of nitrogens with one attached hydrogen (secondary N) is 1. The predicted octanol–water partition coefficient (Wildman–Crippen LogP) is 4.48. The molecule has 1 fully saturated rings. The standard InChI is InChI=1S/C23H23ClN4O2/c1-2-30-17-6-7-19-18(14-17)26-23(20-4-3-11-28(19)20)9-12-27(13-10-23)22(29)16-5-8-21(24)25-15-16/h3-8,11,14-15,26H,2,9-10,12-13H2,1H3. The van der Waals surface area contributed by atoms with Gasteiger partial charge in [-0.15, -0.1) is 0 Å². The smallest absolute Gasteiger partial charge is 0.255 e. The largest absolute Gasteiger partial charge is 0.494 e. The summed E-state index contributed by atoms with van der Waals surface area (Å²) in [5.74, 6) is 0.858. The zero-order valence-corrected chi connectivity index (χ0v) is 17.5. The number of hydrogen-bond donors (Lipinski definition) is 1. The van der Waals surface area contributed by atoms with Crippen molar-refractivity contribution < 1.29 is 9.53 Å². The molecule has 3 aromatic rings. The Kier molecular flexibility index (Phi) is 4.66. The summed E-state index contributed by atoms with van der Waals surface area (Å²) < 4.78 is 7.96. The molecule has 6 nitrogen and oxygen atoms in total. The zero-order chi connectivity index (χ0) is 20.7. The van der Waals surface area contributed by atoms with E-state index in [4.69, 9.17) is 16.3 Å². The van der Waals surface area contributed by atoms with Crippen LogP contribution in [0.25, 0.3) is 5.69 Å². The third-order valence-electron chi connectivity index (χ3n) is 6.03. The lowest BCUT2D eigenvalue weighted by Crippen LogP contribution is -2.51. The Morgan fingerprint density at radius 3 is 2.80 bits per heavy atom. The van der Waals surface area contributed by atoms with Gasteiger partial charge in [-0.3, -0.25) is 4.79 Å².